The molecule has 1 aromatic heterocycles. The summed E-state index contributed by atoms with van der Waals surface area (Å²) in [6.07, 6.45) is 1.69. The summed E-state index contributed by atoms with van der Waals surface area (Å²) in [5, 5.41) is 10.5. The Kier molecular flexibility index (Phi) is 5.24. The van der Waals surface area contributed by atoms with Gasteiger partial charge < -0.3 is 9.84 Å². The molecular weight excluding hydrogens is 286 g/mol. The quantitative estimate of drug-likeness (QED) is 0.906. The number of hydrogen-bond donors (Lipinski definition) is 1. The number of aryl methyl sites for hydroxylation is 1. The first-order valence-corrected chi connectivity index (χ1v) is 8.73. The van der Waals surface area contributed by atoms with Crippen molar-refractivity contribution in [1.82, 2.24) is 14.8 Å². The largest absolute Gasteiger partial charge is 0.391 e. The van der Waals surface area contributed by atoms with Crippen molar-refractivity contribution in [2.24, 2.45) is 0 Å². The average molecular weight is 311 g/mol. The van der Waals surface area contributed by atoms with Crippen LogP contribution in [0, 0.1) is 6.92 Å². The van der Waals surface area contributed by atoms with Gasteiger partial charge in [-0.1, -0.05) is 0 Å². The lowest BCUT2D eigenvalue weighted by molar-refractivity contribution is -0.0222. The Morgan fingerprint density at radius 1 is 1.29 bits per heavy atom. The number of thiazole rings is 1. The number of ether oxygens (including phenoxy) is 1. The SMILES string of the molecule is Cc1ncsc1CN1CC[C@H](O)[C@@H](N2CCOCC2)CC1. The second-order valence-corrected chi connectivity index (χ2v) is 6.94. The van der Waals surface area contributed by atoms with Crippen LogP contribution in [0.4, 0.5) is 0 Å². The van der Waals surface area contributed by atoms with Crippen LogP contribution in [0.1, 0.15) is 23.4 Å². The molecule has 118 valence electrons. The van der Waals surface area contributed by atoms with Gasteiger partial charge in [0.2, 0.25) is 0 Å². The summed E-state index contributed by atoms with van der Waals surface area (Å²) < 4.78 is 5.42. The Balaban J connectivity index is 1.58. The second kappa shape index (κ2) is 7.15. The Morgan fingerprint density at radius 3 is 2.76 bits per heavy atom. The molecule has 2 fully saturated rings. The fourth-order valence-corrected chi connectivity index (χ4v) is 4.12. The molecule has 1 N–H and O–H groups in total. The van der Waals surface area contributed by atoms with Gasteiger partial charge in [0.05, 0.1) is 30.5 Å². The van der Waals surface area contributed by atoms with E-state index in [0.29, 0.717) is 6.04 Å². The molecule has 1 aromatic rings. The summed E-state index contributed by atoms with van der Waals surface area (Å²) in [5.41, 5.74) is 3.07. The number of morpholine rings is 1. The molecule has 0 unspecified atom stereocenters. The maximum absolute atomic E-state index is 10.5. The van der Waals surface area contributed by atoms with E-state index in [2.05, 4.69) is 21.7 Å². The fourth-order valence-electron chi connectivity index (χ4n) is 3.30. The molecule has 2 saturated heterocycles. The lowest BCUT2D eigenvalue weighted by Gasteiger charge is -2.36. The van der Waals surface area contributed by atoms with Crippen LogP contribution in [0.15, 0.2) is 5.51 Å². The third kappa shape index (κ3) is 3.81. The van der Waals surface area contributed by atoms with Gasteiger partial charge in [0.15, 0.2) is 0 Å². The zero-order valence-corrected chi connectivity index (χ0v) is 13.5. The molecule has 5 nitrogen and oxygen atoms in total. The van der Waals surface area contributed by atoms with E-state index in [-0.39, 0.29) is 6.10 Å². The first-order chi connectivity index (χ1) is 10.2. The van der Waals surface area contributed by atoms with Gasteiger partial charge in [-0.15, -0.1) is 11.3 Å². The van der Waals surface area contributed by atoms with Gasteiger partial charge in [-0.05, 0) is 19.8 Å². The summed E-state index contributed by atoms with van der Waals surface area (Å²) in [4.78, 5) is 10.6. The van der Waals surface area contributed by atoms with E-state index in [9.17, 15) is 5.11 Å². The Morgan fingerprint density at radius 2 is 2.05 bits per heavy atom. The van der Waals surface area contributed by atoms with Gasteiger partial charge in [0, 0.05) is 43.6 Å². The molecule has 2 aliphatic heterocycles. The van der Waals surface area contributed by atoms with Crippen LogP contribution in [-0.4, -0.2) is 71.4 Å². The van der Waals surface area contributed by atoms with Crippen LogP contribution in [0.2, 0.25) is 0 Å². The number of aliphatic hydroxyl groups excluding tert-OH is 1. The molecule has 2 aliphatic rings. The third-order valence-corrected chi connectivity index (χ3v) is 5.57. The molecule has 0 bridgehead atoms. The molecule has 0 aliphatic carbocycles. The number of aromatic nitrogens is 1. The summed E-state index contributed by atoms with van der Waals surface area (Å²) in [7, 11) is 0. The molecule has 6 heteroatoms. The lowest BCUT2D eigenvalue weighted by Crippen LogP contribution is -2.49. The monoisotopic (exact) mass is 311 g/mol. The highest BCUT2D eigenvalue weighted by Crippen LogP contribution is 2.22. The molecule has 0 spiro atoms. The lowest BCUT2D eigenvalue weighted by atomic mass is 10.0. The van der Waals surface area contributed by atoms with E-state index in [1.54, 1.807) is 11.3 Å². The number of nitrogens with zero attached hydrogens (tertiary/aromatic N) is 3. The van der Waals surface area contributed by atoms with Gasteiger partial charge in [0.25, 0.3) is 0 Å². The van der Waals surface area contributed by atoms with E-state index in [4.69, 9.17) is 4.74 Å². The van der Waals surface area contributed by atoms with Crippen LogP contribution >= 0.6 is 11.3 Å². The molecule has 3 rings (SSSR count). The number of rotatable bonds is 3. The van der Waals surface area contributed by atoms with Crippen LogP contribution < -0.4 is 0 Å². The molecule has 0 amide bonds. The van der Waals surface area contributed by atoms with Crippen molar-refractivity contribution in [2.75, 3.05) is 39.4 Å². The van der Waals surface area contributed by atoms with Crippen LogP contribution in [0.25, 0.3) is 0 Å². The number of likely N-dealkylation sites (tertiary alicyclic amines) is 1. The number of hydrogen-bond acceptors (Lipinski definition) is 6. The smallest absolute Gasteiger partial charge is 0.0798 e. The standard InChI is InChI=1S/C15H25N3O2S/c1-12-15(21-11-16-12)10-17-4-2-13(14(19)3-5-17)18-6-8-20-9-7-18/h11,13-14,19H,2-10H2,1H3/t13-,14-/m0/s1. The minimum Gasteiger partial charge on any atom is -0.391 e. The normalized spacial score (nSPS) is 29.4. The molecule has 21 heavy (non-hydrogen) atoms. The van der Waals surface area contributed by atoms with E-state index in [1.165, 1.54) is 4.88 Å². The average Bonchev–Trinajstić information content (AvgIpc) is 2.81. The predicted octanol–water partition coefficient (Wildman–Crippen LogP) is 1.11. The Hall–Kier alpha value is -0.530. The highest BCUT2D eigenvalue weighted by Gasteiger charge is 2.30. The van der Waals surface area contributed by atoms with Gasteiger partial charge in [-0.25, -0.2) is 4.98 Å². The van der Waals surface area contributed by atoms with Crippen LogP contribution in [-0.2, 0) is 11.3 Å². The number of aliphatic hydroxyl groups is 1. The minimum atomic E-state index is -0.212. The van der Waals surface area contributed by atoms with Crippen molar-refractivity contribution in [3.8, 4) is 0 Å². The molecule has 0 aromatic carbocycles. The zero-order chi connectivity index (χ0) is 14.7. The van der Waals surface area contributed by atoms with E-state index < -0.39 is 0 Å². The first-order valence-electron chi connectivity index (χ1n) is 7.85. The van der Waals surface area contributed by atoms with Crippen molar-refractivity contribution in [2.45, 2.75) is 38.5 Å². The van der Waals surface area contributed by atoms with Gasteiger partial charge in [-0.2, -0.15) is 0 Å². The summed E-state index contributed by atoms with van der Waals surface area (Å²) >= 11 is 1.74. The van der Waals surface area contributed by atoms with Gasteiger partial charge in [-0.3, -0.25) is 9.80 Å². The van der Waals surface area contributed by atoms with Crippen molar-refractivity contribution in [3.05, 3.63) is 16.1 Å². The molecular formula is C15H25N3O2S. The first kappa shape index (κ1) is 15.4. The topological polar surface area (TPSA) is 48.8 Å². The van der Waals surface area contributed by atoms with Crippen LogP contribution in [0.5, 0.6) is 0 Å². The van der Waals surface area contributed by atoms with Crippen molar-refractivity contribution >= 4 is 11.3 Å². The van der Waals surface area contributed by atoms with E-state index >= 15 is 0 Å². The zero-order valence-electron chi connectivity index (χ0n) is 12.7. The molecule has 3 heterocycles. The molecule has 0 saturated carbocycles. The predicted molar refractivity (Wildman–Crippen MR) is 83.5 cm³/mol. The van der Waals surface area contributed by atoms with Gasteiger partial charge in [0.1, 0.15) is 0 Å². The molecule has 0 radical (unpaired) electrons. The Bertz CT molecular complexity index is 448. The highest BCUT2D eigenvalue weighted by atomic mass is 32.1. The maximum Gasteiger partial charge on any atom is 0.0798 e. The second-order valence-electron chi connectivity index (χ2n) is 6.00. The summed E-state index contributed by atoms with van der Waals surface area (Å²) in [5.74, 6) is 0. The fraction of sp³-hybridized carbons (Fsp3) is 0.800. The van der Waals surface area contributed by atoms with E-state index in [1.807, 2.05) is 5.51 Å². The van der Waals surface area contributed by atoms with Crippen molar-refractivity contribution in [1.29, 1.82) is 0 Å². The van der Waals surface area contributed by atoms with Crippen molar-refractivity contribution in [3.63, 3.8) is 0 Å². The third-order valence-electron chi connectivity index (χ3n) is 4.65. The highest BCUT2D eigenvalue weighted by molar-refractivity contribution is 7.09. The summed E-state index contributed by atoms with van der Waals surface area (Å²) in [6, 6.07) is 0.293. The van der Waals surface area contributed by atoms with Crippen LogP contribution in [0.3, 0.4) is 0 Å². The Labute approximate surface area is 130 Å². The van der Waals surface area contributed by atoms with E-state index in [0.717, 1.165) is 64.5 Å². The van der Waals surface area contributed by atoms with Crippen molar-refractivity contribution < 1.29 is 9.84 Å². The summed E-state index contributed by atoms with van der Waals surface area (Å²) in [6.45, 7) is 8.58. The maximum atomic E-state index is 10.5. The van der Waals surface area contributed by atoms with Gasteiger partial charge >= 0.3 is 0 Å². The minimum absolute atomic E-state index is 0.212. The molecule has 2 atom stereocenters.